The summed E-state index contributed by atoms with van der Waals surface area (Å²) in [7, 11) is 2.27. The third-order valence-corrected chi connectivity index (χ3v) is 15.8. The number of benzene rings is 2. The van der Waals surface area contributed by atoms with E-state index in [1.54, 1.807) is 0 Å². The van der Waals surface area contributed by atoms with Gasteiger partial charge in [-0.3, -0.25) is 10.0 Å². The fourth-order valence-corrected chi connectivity index (χ4v) is 10.5. The summed E-state index contributed by atoms with van der Waals surface area (Å²) in [6.45, 7) is 19.9. The van der Waals surface area contributed by atoms with E-state index in [0.717, 1.165) is 61.4 Å². The van der Waals surface area contributed by atoms with E-state index in [1.807, 2.05) is 91.7 Å². The van der Waals surface area contributed by atoms with E-state index in [0.29, 0.717) is 0 Å². The zero-order valence-corrected chi connectivity index (χ0v) is 58.1. The summed E-state index contributed by atoms with van der Waals surface area (Å²) in [6.07, 6.45) is 33.0. The normalized spacial score (nSPS) is 10.8. The summed E-state index contributed by atoms with van der Waals surface area (Å²) in [5.41, 5.74) is 4.42. The van der Waals surface area contributed by atoms with Gasteiger partial charge in [-0.15, -0.1) is 11.6 Å². The zero-order valence-electron chi connectivity index (χ0n) is 46.1. The molecule has 0 aliphatic heterocycles. The standard InChI is InChI=1S/C28H43N5Si.C22H28N5.C6H15ClSi.2BrH.ClH.HI.K/c1-30(27-15-8-7-9-16-27)29-25-28-17-10-13-21-33(28)20-12-6-5-11-18-31-22-23-32(26-31)19-14-24-34(2,3)4;1-25(21-11-5-4-6-12-21)24-19-22-13-7-10-17-27(22)16-9-3-2-8-15-26-18-14-23-20-26;1-8(2,3)6-4-5-7;;;;;/h7-10,13,15-17,21-23,25-26H,5-6,11-12,14,18-20,24H2,1-4H3;4-7,10-14,17-20H,2-3,8-9,15-16H2,1H3;4-6H2,1-3H3;4*1H;/q+2;+1;;;;;;+1/p-4. The second kappa shape index (κ2) is 43.3. The van der Waals surface area contributed by atoms with Crippen LogP contribution in [0.15, 0.2) is 157 Å². The number of aryl methyl sites for hydroxylation is 5. The van der Waals surface area contributed by atoms with E-state index in [1.165, 1.54) is 76.3 Å². The Morgan fingerprint density at radius 2 is 1.00 bits per heavy atom. The minimum absolute atomic E-state index is 0. The molecular weight excluding hydrogens is 1270 g/mol. The van der Waals surface area contributed by atoms with Crippen LogP contribution in [-0.2, 0) is 32.7 Å². The van der Waals surface area contributed by atoms with Crippen LogP contribution >= 0.6 is 11.6 Å². The maximum Gasteiger partial charge on any atom is 1.00 e. The molecule has 6 rings (SSSR count). The topological polar surface area (TPSA) is 65.6 Å². The molecule has 6 aromatic rings. The third kappa shape index (κ3) is 33.7. The first kappa shape index (κ1) is 74.5. The Morgan fingerprint density at radius 1 is 0.554 bits per heavy atom. The molecule has 0 aliphatic carbocycles. The molecule has 0 atom stereocenters. The fourth-order valence-electron chi connectivity index (χ4n) is 7.70. The third-order valence-electron chi connectivity index (χ3n) is 11.8. The summed E-state index contributed by atoms with van der Waals surface area (Å²) < 4.78 is 11.4. The van der Waals surface area contributed by atoms with Gasteiger partial charge in [0, 0.05) is 92.2 Å². The van der Waals surface area contributed by atoms with Crippen LogP contribution < -0.4 is 145 Å². The second-order valence-electron chi connectivity index (χ2n) is 20.4. The van der Waals surface area contributed by atoms with Crippen molar-refractivity contribution < 1.29 is 135 Å². The Labute approximate surface area is 541 Å². The number of hydrazone groups is 2. The molecule has 0 fully saturated rings. The van der Waals surface area contributed by atoms with E-state index in [4.69, 9.17) is 11.6 Å². The van der Waals surface area contributed by atoms with Gasteiger partial charge in [0.25, 0.3) is 0 Å². The Morgan fingerprint density at radius 3 is 1.43 bits per heavy atom. The van der Waals surface area contributed by atoms with Crippen molar-refractivity contribution in [3.8, 4) is 0 Å². The predicted molar refractivity (Wildman–Crippen MR) is 298 cm³/mol. The molecule has 404 valence electrons. The molecule has 18 heteroatoms. The van der Waals surface area contributed by atoms with Gasteiger partial charge in [-0.05, 0) is 81.3 Å². The number of rotatable bonds is 27. The molecule has 0 N–H and O–H groups in total. The molecule has 0 bridgehead atoms. The molecule has 0 unspecified atom stereocenters. The Bertz CT molecular complexity index is 2320. The fraction of sp³-hybridized carbons (Fsp3) is 0.464. The van der Waals surface area contributed by atoms with Crippen molar-refractivity contribution in [3.63, 3.8) is 0 Å². The molecule has 0 saturated carbocycles. The first-order valence-electron chi connectivity index (χ1n) is 25.5. The van der Waals surface area contributed by atoms with Crippen molar-refractivity contribution in [2.75, 3.05) is 30.0 Å². The quantitative estimate of drug-likeness (QED) is 0.0108. The molecule has 0 saturated heterocycles. The van der Waals surface area contributed by atoms with Gasteiger partial charge in [0.1, 0.15) is 37.9 Å². The second-order valence-corrected chi connectivity index (χ2v) is 32.0. The van der Waals surface area contributed by atoms with E-state index in [2.05, 4.69) is 169 Å². The molecule has 4 heterocycles. The van der Waals surface area contributed by atoms with Crippen LogP contribution in [0.5, 0.6) is 0 Å². The molecule has 0 radical (unpaired) electrons. The minimum atomic E-state index is -0.922. The number of para-hydroxylation sites is 2. The van der Waals surface area contributed by atoms with Crippen LogP contribution in [0, 0.1) is 0 Å². The van der Waals surface area contributed by atoms with Crippen LogP contribution in [0.4, 0.5) is 11.4 Å². The summed E-state index contributed by atoms with van der Waals surface area (Å²) in [5, 5.41) is 13.0. The Hall–Kier alpha value is -1.56. The number of nitrogens with zero attached hydrogens (tertiary/aromatic N) is 10. The van der Waals surface area contributed by atoms with Gasteiger partial charge in [0.05, 0.1) is 30.8 Å². The number of halogens is 5. The molecule has 0 aliphatic rings. The summed E-state index contributed by atoms with van der Waals surface area (Å²) in [6, 6.07) is 35.7. The van der Waals surface area contributed by atoms with Crippen LogP contribution in [0.1, 0.15) is 75.6 Å². The first-order chi connectivity index (χ1) is 33.3. The van der Waals surface area contributed by atoms with Crippen molar-refractivity contribution >= 4 is 51.6 Å². The van der Waals surface area contributed by atoms with Crippen LogP contribution in [0.2, 0.25) is 51.4 Å². The SMILES string of the molecule is CN(/N=C/c1cccc[n+]1CCCCCCn1cc[n+](CCC[Si](C)(C)C)c1)c1ccccc1.CN(/N=C/c1cccc[n+]1CCCCCCn1ccnc1)c1ccccc1.C[Si](C)(C)CCCCl.[Br-].[Br-].[Cl-].[I-].[K+]. The average molecular weight is 1350 g/mol. The Balaban J connectivity index is 0. The van der Waals surface area contributed by atoms with E-state index in [-0.39, 0.29) is 122 Å². The van der Waals surface area contributed by atoms with E-state index >= 15 is 0 Å². The van der Waals surface area contributed by atoms with Crippen LogP contribution in [0.3, 0.4) is 0 Å². The monoisotopic (exact) mass is 1350 g/mol. The summed E-state index contributed by atoms with van der Waals surface area (Å²) >= 11 is 5.53. The molecule has 4 aromatic heterocycles. The number of hydrogen-bond acceptors (Lipinski definition) is 5. The molecule has 2 aromatic carbocycles. The number of aromatic nitrogens is 6. The average Bonchev–Trinajstić information content (AvgIpc) is 4.05. The molecule has 0 amide bonds. The maximum atomic E-state index is 5.53. The van der Waals surface area contributed by atoms with Crippen LogP contribution in [0.25, 0.3) is 0 Å². The Kier molecular flexibility index (Phi) is 43.6. The number of anilines is 2. The molecular formula is C56H86Br2Cl2IKN10Si2. The number of unbranched alkanes of at least 4 members (excludes halogenated alkanes) is 6. The minimum Gasteiger partial charge on any atom is -1.00 e. The van der Waals surface area contributed by atoms with Crippen molar-refractivity contribution in [1.29, 1.82) is 0 Å². The van der Waals surface area contributed by atoms with Gasteiger partial charge in [-0.25, -0.2) is 14.1 Å². The summed E-state index contributed by atoms with van der Waals surface area (Å²) in [4.78, 5) is 4.08. The molecule has 10 nitrogen and oxygen atoms in total. The molecule has 0 spiro atoms. The summed E-state index contributed by atoms with van der Waals surface area (Å²) in [5.74, 6) is 0.838. The van der Waals surface area contributed by atoms with Gasteiger partial charge < -0.3 is 74.9 Å². The number of alkyl halides is 1. The van der Waals surface area contributed by atoms with Crippen molar-refractivity contribution in [1.82, 2.24) is 14.1 Å². The predicted octanol–water partition coefficient (Wildman–Crippen LogP) is -2.60. The van der Waals surface area contributed by atoms with E-state index in [9.17, 15) is 0 Å². The smallest absolute Gasteiger partial charge is 1.00 e. The van der Waals surface area contributed by atoms with Crippen molar-refractivity contribution in [3.05, 3.63) is 158 Å². The van der Waals surface area contributed by atoms with Gasteiger partial charge >= 0.3 is 51.4 Å². The van der Waals surface area contributed by atoms with Crippen molar-refractivity contribution in [2.24, 2.45) is 10.2 Å². The van der Waals surface area contributed by atoms with Crippen molar-refractivity contribution in [2.45, 2.75) is 148 Å². The number of imidazole rings is 2. The maximum absolute atomic E-state index is 5.53. The largest absolute Gasteiger partial charge is 1.00 e. The van der Waals surface area contributed by atoms with Gasteiger partial charge in [0.2, 0.25) is 17.7 Å². The number of pyridine rings is 2. The zero-order chi connectivity index (χ0) is 49.6. The molecule has 74 heavy (non-hydrogen) atoms. The number of hydrogen-bond donors (Lipinski definition) is 0. The van der Waals surface area contributed by atoms with Gasteiger partial charge in [-0.2, -0.15) is 19.3 Å². The van der Waals surface area contributed by atoms with Crippen LogP contribution in [-0.4, -0.2) is 62.7 Å². The van der Waals surface area contributed by atoms with Gasteiger partial charge in [-0.1, -0.05) is 94.2 Å². The van der Waals surface area contributed by atoms with Gasteiger partial charge in [0.15, 0.2) is 12.4 Å². The first-order valence-corrected chi connectivity index (χ1v) is 33.4. The van der Waals surface area contributed by atoms with E-state index < -0.39 is 16.1 Å².